The number of aliphatic hydroxyl groups is 1. The molecule has 1 aliphatic rings. The van der Waals surface area contributed by atoms with Crippen molar-refractivity contribution in [2.24, 2.45) is 0 Å². The normalized spacial score (nSPS) is 25.6. The Labute approximate surface area is 92.4 Å². The van der Waals surface area contributed by atoms with Crippen LogP contribution in [-0.2, 0) is 9.59 Å². The van der Waals surface area contributed by atoms with Crippen molar-refractivity contribution < 1.29 is 19.8 Å². The Kier molecular flexibility index (Phi) is 4.41. The van der Waals surface area contributed by atoms with Crippen molar-refractivity contribution in [3.63, 3.8) is 0 Å². The van der Waals surface area contributed by atoms with Gasteiger partial charge < -0.3 is 15.1 Å². The van der Waals surface area contributed by atoms with E-state index < -0.39 is 18.1 Å². The predicted molar refractivity (Wildman–Crippen MR) is 56.8 cm³/mol. The maximum absolute atomic E-state index is 11.6. The molecule has 1 fully saturated rings. The van der Waals surface area contributed by atoms with E-state index in [1.54, 1.807) is 11.8 Å². The minimum Gasteiger partial charge on any atom is -0.480 e. The average Bonchev–Trinajstić information content (AvgIpc) is 2.57. The highest BCUT2D eigenvalue weighted by molar-refractivity contribution is 7.98. The monoisotopic (exact) mass is 233 g/mol. The van der Waals surface area contributed by atoms with Gasteiger partial charge in [0, 0.05) is 25.1 Å². The van der Waals surface area contributed by atoms with Gasteiger partial charge in [-0.1, -0.05) is 0 Å². The third-order valence-electron chi connectivity index (χ3n) is 2.40. The molecule has 0 radical (unpaired) electrons. The second kappa shape index (κ2) is 5.37. The van der Waals surface area contributed by atoms with Crippen LogP contribution in [0.3, 0.4) is 0 Å². The first-order valence-electron chi connectivity index (χ1n) is 4.75. The molecule has 0 unspecified atom stereocenters. The summed E-state index contributed by atoms with van der Waals surface area (Å²) in [5.74, 6) is -0.546. The molecule has 1 amide bonds. The molecule has 2 N–H and O–H groups in total. The minimum atomic E-state index is -1.04. The Morgan fingerprint density at radius 3 is 2.73 bits per heavy atom. The zero-order chi connectivity index (χ0) is 11.4. The van der Waals surface area contributed by atoms with Crippen LogP contribution in [-0.4, -0.2) is 57.7 Å². The topological polar surface area (TPSA) is 77.8 Å². The molecule has 15 heavy (non-hydrogen) atoms. The van der Waals surface area contributed by atoms with Crippen molar-refractivity contribution in [3.8, 4) is 0 Å². The second-order valence-corrected chi connectivity index (χ2v) is 4.52. The lowest BCUT2D eigenvalue weighted by molar-refractivity contribution is -0.148. The first-order valence-corrected chi connectivity index (χ1v) is 6.15. The number of hydrogen-bond acceptors (Lipinski definition) is 4. The number of amides is 1. The predicted octanol–water partition coefficient (Wildman–Crippen LogP) is -0.214. The van der Waals surface area contributed by atoms with Crippen molar-refractivity contribution in [3.05, 3.63) is 0 Å². The average molecular weight is 233 g/mol. The van der Waals surface area contributed by atoms with E-state index in [0.29, 0.717) is 12.2 Å². The lowest BCUT2D eigenvalue weighted by Gasteiger charge is -2.20. The van der Waals surface area contributed by atoms with Crippen LogP contribution < -0.4 is 0 Å². The number of carbonyl (C=O) groups is 2. The largest absolute Gasteiger partial charge is 0.480 e. The molecule has 0 aliphatic carbocycles. The molecule has 0 bridgehead atoms. The van der Waals surface area contributed by atoms with Gasteiger partial charge >= 0.3 is 5.97 Å². The number of β-amino-alcohol motifs (C(OH)–C–C–N with tert-alkyl or cyclic N) is 1. The third-order valence-corrected chi connectivity index (χ3v) is 3.02. The number of carboxylic acid groups (broad SMARTS) is 1. The van der Waals surface area contributed by atoms with E-state index >= 15 is 0 Å². The highest BCUT2D eigenvalue weighted by Crippen LogP contribution is 2.19. The van der Waals surface area contributed by atoms with E-state index in [9.17, 15) is 14.7 Å². The van der Waals surface area contributed by atoms with Gasteiger partial charge in [0.05, 0.1) is 6.10 Å². The van der Waals surface area contributed by atoms with Gasteiger partial charge in [0.15, 0.2) is 0 Å². The molecule has 1 heterocycles. The van der Waals surface area contributed by atoms with Crippen LogP contribution in [0.5, 0.6) is 0 Å². The van der Waals surface area contributed by atoms with Crippen molar-refractivity contribution in [2.45, 2.75) is 25.0 Å². The summed E-state index contributed by atoms with van der Waals surface area (Å²) in [7, 11) is 0. The summed E-state index contributed by atoms with van der Waals surface area (Å²) in [5.41, 5.74) is 0. The van der Waals surface area contributed by atoms with E-state index in [2.05, 4.69) is 0 Å². The molecule has 6 heteroatoms. The summed E-state index contributed by atoms with van der Waals surface area (Å²) in [5, 5.41) is 18.2. The quantitative estimate of drug-likeness (QED) is 0.702. The second-order valence-electron chi connectivity index (χ2n) is 3.53. The summed E-state index contributed by atoms with van der Waals surface area (Å²) >= 11 is 1.54. The number of aliphatic hydroxyl groups excluding tert-OH is 1. The molecular weight excluding hydrogens is 218 g/mol. The Bertz CT molecular complexity index is 258. The van der Waals surface area contributed by atoms with Crippen LogP contribution in [0, 0.1) is 0 Å². The first-order chi connectivity index (χ1) is 7.06. The van der Waals surface area contributed by atoms with Gasteiger partial charge in [-0.2, -0.15) is 11.8 Å². The lowest BCUT2D eigenvalue weighted by atomic mass is 10.2. The van der Waals surface area contributed by atoms with Crippen LogP contribution in [0.2, 0.25) is 0 Å². The van der Waals surface area contributed by atoms with Gasteiger partial charge in [-0.3, -0.25) is 4.79 Å². The van der Waals surface area contributed by atoms with E-state index in [-0.39, 0.29) is 18.9 Å². The van der Waals surface area contributed by atoms with Crippen LogP contribution in [0.15, 0.2) is 0 Å². The molecule has 0 spiro atoms. The number of carbonyl (C=O) groups excluding carboxylic acids is 1. The fourth-order valence-corrected chi connectivity index (χ4v) is 2.04. The van der Waals surface area contributed by atoms with Crippen molar-refractivity contribution in [1.82, 2.24) is 4.90 Å². The Morgan fingerprint density at radius 1 is 1.53 bits per heavy atom. The molecule has 0 aromatic heterocycles. The number of likely N-dealkylation sites (tertiary alicyclic amines) is 1. The Balaban J connectivity index is 2.58. The standard InChI is InChI=1S/C9H15NO4S/c1-15-3-2-8(12)10-5-6(11)4-7(10)9(13)14/h6-7,11H,2-5H2,1H3,(H,13,14)/t6-,7-/m0/s1. The van der Waals surface area contributed by atoms with Crippen molar-refractivity contribution >= 4 is 23.6 Å². The van der Waals surface area contributed by atoms with Crippen LogP contribution in [0.4, 0.5) is 0 Å². The number of hydrogen-bond donors (Lipinski definition) is 2. The van der Waals surface area contributed by atoms with Gasteiger partial charge in [0.2, 0.25) is 5.91 Å². The minimum absolute atomic E-state index is 0.139. The Morgan fingerprint density at radius 2 is 2.20 bits per heavy atom. The molecular formula is C9H15NO4S. The maximum Gasteiger partial charge on any atom is 0.326 e. The molecule has 2 atom stereocenters. The van der Waals surface area contributed by atoms with Crippen molar-refractivity contribution in [1.29, 1.82) is 0 Å². The van der Waals surface area contributed by atoms with E-state index in [4.69, 9.17) is 5.11 Å². The number of thioether (sulfide) groups is 1. The molecule has 5 nitrogen and oxygen atoms in total. The Hall–Kier alpha value is -0.750. The number of nitrogens with zero attached hydrogens (tertiary/aromatic N) is 1. The molecule has 1 aliphatic heterocycles. The molecule has 86 valence electrons. The van der Waals surface area contributed by atoms with Crippen LogP contribution in [0.1, 0.15) is 12.8 Å². The van der Waals surface area contributed by atoms with E-state index in [0.717, 1.165) is 0 Å². The molecule has 0 saturated carbocycles. The molecule has 0 aromatic carbocycles. The smallest absolute Gasteiger partial charge is 0.326 e. The fraction of sp³-hybridized carbons (Fsp3) is 0.778. The SMILES string of the molecule is CSCCC(=O)N1C[C@@H](O)C[C@H]1C(=O)O. The molecule has 1 saturated heterocycles. The molecule has 0 aromatic rings. The summed E-state index contributed by atoms with van der Waals surface area (Å²) in [6, 6.07) is -0.852. The first kappa shape index (κ1) is 12.3. The highest BCUT2D eigenvalue weighted by atomic mass is 32.2. The van der Waals surface area contributed by atoms with Gasteiger partial charge in [-0.25, -0.2) is 4.79 Å². The zero-order valence-corrected chi connectivity index (χ0v) is 9.37. The van der Waals surface area contributed by atoms with Crippen LogP contribution in [0.25, 0.3) is 0 Å². The summed E-state index contributed by atoms with van der Waals surface area (Å²) in [4.78, 5) is 23.7. The zero-order valence-electron chi connectivity index (χ0n) is 8.55. The fourth-order valence-electron chi connectivity index (χ4n) is 1.66. The van der Waals surface area contributed by atoms with Gasteiger partial charge in [-0.05, 0) is 6.26 Å². The van der Waals surface area contributed by atoms with Crippen molar-refractivity contribution in [2.75, 3.05) is 18.6 Å². The molecule has 1 rings (SSSR count). The highest BCUT2D eigenvalue weighted by Gasteiger charge is 2.38. The summed E-state index contributed by atoms with van der Waals surface area (Å²) in [6.45, 7) is 0.143. The van der Waals surface area contributed by atoms with Gasteiger partial charge in [0.25, 0.3) is 0 Å². The summed E-state index contributed by atoms with van der Waals surface area (Å²) < 4.78 is 0. The van der Waals surface area contributed by atoms with Gasteiger partial charge in [0.1, 0.15) is 6.04 Å². The number of carboxylic acids is 1. The lowest BCUT2D eigenvalue weighted by Crippen LogP contribution is -2.40. The maximum atomic E-state index is 11.6. The van der Waals surface area contributed by atoms with E-state index in [1.165, 1.54) is 4.90 Å². The number of aliphatic carboxylic acids is 1. The van der Waals surface area contributed by atoms with Crippen LogP contribution >= 0.6 is 11.8 Å². The number of rotatable bonds is 4. The van der Waals surface area contributed by atoms with Gasteiger partial charge in [-0.15, -0.1) is 0 Å². The summed E-state index contributed by atoms with van der Waals surface area (Å²) in [6.07, 6.45) is 1.66. The van der Waals surface area contributed by atoms with E-state index in [1.807, 2.05) is 6.26 Å². The third kappa shape index (κ3) is 3.10.